The molecule has 1 aliphatic heterocycles. The number of nitrogens with zero attached hydrogens (tertiary/aromatic N) is 4. The number of fused-ring (bicyclic) bond motifs is 1. The molecular formula is C33H59N5O7. The zero-order valence-electron chi connectivity index (χ0n) is 27.8. The molecule has 258 valence electrons. The van der Waals surface area contributed by atoms with E-state index in [0.717, 1.165) is 52.1 Å². The number of hydrogen-bond acceptors (Lipinski definition) is 10. The molecule has 1 saturated heterocycles. The Kier molecular flexibility index (Phi) is 18.0. The van der Waals surface area contributed by atoms with Crippen molar-refractivity contribution in [2.24, 2.45) is 17.8 Å². The van der Waals surface area contributed by atoms with Crippen LogP contribution >= 0.6 is 0 Å². The molecule has 0 aromatic rings. The first-order valence-corrected chi connectivity index (χ1v) is 17.2. The second-order valence-electron chi connectivity index (χ2n) is 12.7. The van der Waals surface area contributed by atoms with Crippen molar-refractivity contribution in [2.45, 2.75) is 45.4 Å². The number of nitrogens with one attached hydrogen (secondary N) is 1. The zero-order valence-corrected chi connectivity index (χ0v) is 27.8. The summed E-state index contributed by atoms with van der Waals surface area (Å²) in [4.78, 5) is 44.9. The largest absolute Gasteiger partial charge is 0.480 e. The van der Waals surface area contributed by atoms with Crippen molar-refractivity contribution >= 4 is 17.8 Å². The topological polar surface area (TPSA) is 124 Å². The van der Waals surface area contributed by atoms with Crippen LogP contribution in [0.4, 0.5) is 4.79 Å². The number of amides is 1. The van der Waals surface area contributed by atoms with E-state index in [1.165, 1.54) is 12.8 Å². The predicted octanol–water partition coefficient (Wildman–Crippen LogP) is 2.04. The maximum Gasteiger partial charge on any atom is 0.407 e. The predicted molar refractivity (Wildman–Crippen MR) is 173 cm³/mol. The molecule has 12 heteroatoms. The molecule has 0 aromatic heterocycles. The Morgan fingerprint density at radius 2 is 1.38 bits per heavy atom. The zero-order chi connectivity index (χ0) is 32.3. The van der Waals surface area contributed by atoms with Crippen molar-refractivity contribution in [3.05, 3.63) is 12.2 Å². The number of Topliss-reactive ketones (excluding diaryl/α,β-unsaturated/α-hetero) is 1. The van der Waals surface area contributed by atoms with Gasteiger partial charge in [-0.1, -0.05) is 19.1 Å². The van der Waals surface area contributed by atoms with Gasteiger partial charge in [0.1, 0.15) is 5.78 Å². The van der Waals surface area contributed by atoms with Crippen LogP contribution in [0, 0.1) is 17.8 Å². The van der Waals surface area contributed by atoms with Crippen LogP contribution in [0.3, 0.4) is 0 Å². The van der Waals surface area contributed by atoms with Crippen molar-refractivity contribution in [1.82, 2.24) is 24.9 Å². The average Bonchev–Trinajstić information content (AvgIpc) is 3.65. The number of carboxylic acid groups (broad SMARTS) is 1. The van der Waals surface area contributed by atoms with Gasteiger partial charge in [-0.15, -0.1) is 0 Å². The van der Waals surface area contributed by atoms with Gasteiger partial charge in [-0.2, -0.15) is 0 Å². The Bertz CT molecular complexity index is 891. The second-order valence-corrected chi connectivity index (χ2v) is 12.7. The summed E-state index contributed by atoms with van der Waals surface area (Å²) >= 11 is 0. The lowest BCUT2D eigenvalue weighted by atomic mass is 10.1. The monoisotopic (exact) mass is 637 g/mol. The highest BCUT2D eigenvalue weighted by molar-refractivity contribution is 5.80. The Labute approximate surface area is 270 Å². The second kappa shape index (κ2) is 21.7. The lowest BCUT2D eigenvalue weighted by Crippen LogP contribution is -2.47. The number of aliphatic carboxylic acids is 1. The minimum Gasteiger partial charge on any atom is -0.480 e. The summed E-state index contributed by atoms with van der Waals surface area (Å²) < 4.78 is 16.6. The minimum absolute atomic E-state index is 0.0167. The molecule has 3 atom stereocenters. The van der Waals surface area contributed by atoms with Gasteiger partial charge >= 0.3 is 12.1 Å². The first-order chi connectivity index (χ1) is 21.9. The van der Waals surface area contributed by atoms with E-state index in [1.54, 1.807) is 0 Å². The van der Waals surface area contributed by atoms with E-state index in [0.29, 0.717) is 96.4 Å². The number of carboxylic acids is 1. The van der Waals surface area contributed by atoms with E-state index in [1.807, 2.05) is 4.90 Å². The van der Waals surface area contributed by atoms with Crippen LogP contribution in [0.1, 0.15) is 45.4 Å². The molecule has 1 heterocycles. The van der Waals surface area contributed by atoms with Gasteiger partial charge < -0.3 is 34.4 Å². The van der Waals surface area contributed by atoms with E-state index in [-0.39, 0.29) is 18.4 Å². The third-order valence-electron chi connectivity index (χ3n) is 9.31. The maximum absolute atomic E-state index is 12.8. The van der Waals surface area contributed by atoms with E-state index >= 15 is 0 Å². The highest BCUT2D eigenvalue weighted by Crippen LogP contribution is 2.52. The first kappa shape index (κ1) is 37.4. The van der Waals surface area contributed by atoms with Crippen LogP contribution < -0.4 is 5.32 Å². The van der Waals surface area contributed by atoms with Crippen LogP contribution in [0.25, 0.3) is 0 Å². The van der Waals surface area contributed by atoms with Crippen molar-refractivity contribution < 1.29 is 33.7 Å². The highest BCUT2D eigenvalue weighted by Gasteiger charge is 2.49. The molecule has 0 spiro atoms. The van der Waals surface area contributed by atoms with Gasteiger partial charge in [0.05, 0.1) is 39.5 Å². The highest BCUT2D eigenvalue weighted by atomic mass is 16.6. The molecule has 2 aliphatic carbocycles. The normalized spacial score (nSPS) is 25.2. The number of hydrogen-bond donors (Lipinski definition) is 2. The van der Waals surface area contributed by atoms with Gasteiger partial charge in [-0.25, -0.2) is 4.79 Å². The molecule has 3 rings (SSSR count). The van der Waals surface area contributed by atoms with Gasteiger partial charge in [-0.05, 0) is 63.5 Å². The Morgan fingerprint density at radius 1 is 0.800 bits per heavy atom. The molecule has 0 bridgehead atoms. The molecule has 0 aromatic carbocycles. The SMILES string of the molecule is CCN1CCN(C)CCN(CC(=O)CCCOCCOCCNC(=O)OCC2[C@H]3CC/C=C/CC[C@@H]23)CCN(CC(=O)O)CC1. The number of carbonyl (C=O) groups is 3. The van der Waals surface area contributed by atoms with Gasteiger partial charge in [0.25, 0.3) is 0 Å². The lowest BCUT2D eigenvalue weighted by Gasteiger charge is -2.32. The molecule has 45 heavy (non-hydrogen) atoms. The number of alkyl carbamates (subject to hydrolysis) is 1. The molecule has 2 N–H and O–H groups in total. The summed E-state index contributed by atoms with van der Waals surface area (Å²) in [6, 6.07) is 0. The van der Waals surface area contributed by atoms with Gasteiger partial charge in [0.2, 0.25) is 0 Å². The van der Waals surface area contributed by atoms with E-state index < -0.39 is 5.97 Å². The van der Waals surface area contributed by atoms with Gasteiger partial charge in [-0.3, -0.25) is 19.4 Å². The summed E-state index contributed by atoms with van der Waals surface area (Å²) in [7, 11) is 2.11. The summed E-state index contributed by atoms with van der Waals surface area (Å²) in [5.74, 6) is 1.30. The van der Waals surface area contributed by atoms with Crippen LogP contribution in [-0.4, -0.2) is 161 Å². The van der Waals surface area contributed by atoms with Crippen molar-refractivity contribution in [2.75, 3.05) is 119 Å². The number of allylic oxidation sites excluding steroid dienone is 2. The summed E-state index contributed by atoms with van der Waals surface area (Å²) in [6.07, 6.45) is 9.94. The molecule has 3 aliphatic rings. The number of ketones is 1. The van der Waals surface area contributed by atoms with E-state index in [9.17, 15) is 19.5 Å². The van der Waals surface area contributed by atoms with Crippen LogP contribution in [0.15, 0.2) is 12.2 Å². The van der Waals surface area contributed by atoms with Crippen molar-refractivity contribution in [1.29, 1.82) is 0 Å². The molecule has 1 unspecified atom stereocenters. The smallest absolute Gasteiger partial charge is 0.407 e. The Hall–Kier alpha value is -2.09. The van der Waals surface area contributed by atoms with E-state index in [2.05, 4.69) is 46.1 Å². The fourth-order valence-corrected chi connectivity index (χ4v) is 6.37. The molecule has 2 fully saturated rings. The van der Waals surface area contributed by atoms with Crippen LogP contribution in [0.5, 0.6) is 0 Å². The number of ether oxygens (including phenoxy) is 3. The molecule has 1 saturated carbocycles. The maximum atomic E-state index is 12.8. The fraction of sp³-hybridized carbons (Fsp3) is 0.848. The van der Waals surface area contributed by atoms with Crippen molar-refractivity contribution in [3.63, 3.8) is 0 Å². The quantitative estimate of drug-likeness (QED) is 0.180. The van der Waals surface area contributed by atoms with Gasteiger partial charge in [0, 0.05) is 71.9 Å². The molecular weight excluding hydrogens is 578 g/mol. The van der Waals surface area contributed by atoms with Crippen molar-refractivity contribution in [3.8, 4) is 0 Å². The fourth-order valence-electron chi connectivity index (χ4n) is 6.37. The van der Waals surface area contributed by atoms with Crippen LogP contribution in [-0.2, 0) is 23.8 Å². The molecule has 1 amide bonds. The number of likely N-dealkylation sites (N-methyl/N-ethyl adjacent to an activating group) is 2. The first-order valence-electron chi connectivity index (χ1n) is 17.2. The Balaban J connectivity index is 1.19. The molecule has 12 nitrogen and oxygen atoms in total. The summed E-state index contributed by atoms with van der Waals surface area (Å²) in [6.45, 7) is 12.5. The summed E-state index contributed by atoms with van der Waals surface area (Å²) in [5, 5.41) is 12.1. The lowest BCUT2D eigenvalue weighted by molar-refractivity contribution is -0.138. The third kappa shape index (κ3) is 15.8. The number of rotatable bonds is 17. The summed E-state index contributed by atoms with van der Waals surface area (Å²) in [5.41, 5.74) is 0. The minimum atomic E-state index is -0.820. The Morgan fingerprint density at radius 3 is 2.02 bits per heavy atom. The number of carbonyl (C=O) groups excluding carboxylic acids is 2. The van der Waals surface area contributed by atoms with E-state index in [4.69, 9.17) is 14.2 Å². The van der Waals surface area contributed by atoms with Gasteiger partial charge in [0.15, 0.2) is 0 Å². The molecule has 0 radical (unpaired) electrons. The average molecular weight is 638 g/mol. The van der Waals surface area contributed by atoms with Crippen LogP contribution in [0.2, 0.25) is 0 Å². The standard InChI is InChI=1S/C33H59N5O7/c1-3-36-15-13-35(2)14-16-37(19-20-38(18-17-36)26-32(40)41)25-28(39)9-8-21-43-23-24-44-22-12-34-33(42)45-27-31-29-10-6-4-5-7-11-30(29)31/h4-5,29-31H,3,6-27H2,1-2H3,(H,34,42)(H,40,41)/b5-4+/t29-,30+,31?. The third-order valence-corrected chi connectivity index (χ3v) is 9.31.